The van der Waals surface area contributed by atoms with E-state index < -0.39 is 6.03 Å². The molecule has 0 bridgehead atoms. The summed E-state index contributed by atoms with van der Waals surface area (Å²) in [7, 11) is 0. The first-order chi connectivity index (χ1) is 12.0. The van der Waals surface area contributed by atoms with Gasteiger partial charge in [0.1, 0.15) is 6.29 Å². The van der Waals surface area contributed by atoms with Gasteiger partial charge in [-0.1, -0.05) is 6.07 Å². The maximum absolute atomic E-state index is 12.2. The fraction of sp³-hybridized carbons (Fsp3) is 0.412. The van der Waals surface area contributed by atoms with E-state index in [1.54, 1.807) is 18.2 Å². The van der Waals surface area contributed by atoms with Crippen molar-refractivity contribution in [2.24, 2.45) is 0 Å². The van der Waals surface area contributed by atoms with Crippen molar-refractivity contribution in [2.45, 2.75) is 19.8 Å². The molecule has 0 radical (unpaired) electrons. The largest absolute Gasteiger partial charge is 0.379 e. The van der Waals surface area contributed by atoms with Crippen LogP contribution in [0.5, 0.6) is 0 Å². The Balaban J connectivity index is 1.98. The summed E-state index contributed by atoms with van der Waals surface area (Å²) in [5.41, 5.74) is 1.84. The third kappa shape index (κ3) is 5.12. The van der Waals surface area contributed by atoms with E-state index in [1.807, 2.05) is 6.92 Å². The summed E-state index contributed by atoms with van der Waals surface area (Å²) in [4.78, 5) is 47.1. The molecule has 1 heterocycles. The summed E-state index contributed by atoms with van der Waals surface area (Å²) >= 11 is 0. The Morgan fingerprint density at radius 2 is 2.16 bits per heavy atom. The zero-order valence-electron chi connectivity index (χ0n) is 14.0. The summed E-state index contributed by atoms with van der Waals surface area (Å²) in [6, 6.07) is 4.58. The third-order valence-corrected chi connectivity index (χ3v) is 3.73. The molecule has 0 aliphatic carbocycles. The predicted molar refractivity (Wildman–Crippen MR) is 90.5 cm³/mol. The van der Waals surface area contributed by atoms with E-state index >= 15 is 0 Å². The SMILES string of the molecule is Cc1ccc(C(=O)NCCOCCC=O)cc1N1CCC(=O)NC1=O. The average molecular weight is 347 g/mol. The highest BCUT2D eigenvalue weighted by atomic mass is 16.5. The second-order valence-corrected chi connectivity index (χ2v) is 5.58. The van der Waals surface area contributed by atoms with Crippen LogP contribution in [0, 0.1) is 6.92 Å². The molecule has 8 nitrogen and oxygen atoms in total. The molecule has 0 spiro atoms. The van der Waals surface area contributed by atoms with Crippen LogP contribution < -0.4 is 15.5 Å². The topological polar surface area (TPSA) is 105 Å². The number of hydrogen-bond donors (Lipinski definition) is 2. The molecular formula is C17H21N3O5. The number of urea groups is 1. The van der Waals surface area contributed by atoms with Gasteiger partial charge in [0.25, 0.3) is 5.91 Å². The van der Waals surface area contributed by atoms with Crippen LogP contribution in [0.4, 0.5) is 10.5 Å². The Bertz CT molecular complexity index is 674. The standard InChI is InChI=1S/C17H21N3O5/c1-12-3-4-13(16(23)18-6-10-25-9-2-8-21)11-14(12)20-7-5-15(22)19-17(20)24/h3-4,8,11H,2,5-7,9-10H2,1H3,(H,18,23)(H,19,22,24). The second-order valence-electron chi connectivity index (χ2n) is 5.58. The van der Waals surface area contributed by atoms with Crippen molar-refractivity contribution < 1.29 is 23.9 Å². The zero-order chi connectivity index (χ0) is 18.2. The second kappa shape index (κ2) is 8.93. The number of benzene rings is 1. The van der Waals surface area contributed by atoms with Crippen molar-refractivity contribution in [2.75, 3.05) is 31.2 Å². The van der Waals surface area contributed by atoms with E-state index in [4.69, 9.17) is 4.74 Å². The Morgan fingerprint density at radius 3 is 2.88 bits per heavy atom. The van der Waals surface area contributed by atoms with Gasteiger partial charge in [0, 0.05) is 37.2 Å². The first-order valence-corrected chi connectivity index (χ1v) is 8.04. The van der Waals surface area contributed by atoms with Gasteiger partial charge >= 0.3 is 6.03 Å². The van der Waals surface area contributed by atoms with E-state index in [9.17, 15) is 19.2 Å². The first kappa shape index (κ1) is 18.6. The highest BCUT2D eigenvalue weighted by molar-refractivity contribution is 6.06. The van der Waals surface area contributed by atoms with Crippen LogP contribution in [0.25, 0.3) is 0 Å². The maximum atomic E-state index is 12.2. The number of imide groups is 1. The molecule has 25 heavy (non-hydrogen) atoms. The molecule has 0 unspecified atom stereocenters. The number of rotatable bonds is 8. The van der Waals surface area contributed by atoms with Gasteiger partial charge in [-0.2, -0.15) is 0 Å². The lowest BCUT2D eigenvalue weighted by Gasteiger charge is -2.28. The number of nitrogens with one attached hydrogen (secondary N) is 2. The van der Waals surface area contributed by atoms with Crippen molar-refractivity contribution >= 4 is 29.8 Å². The molecule has 2 rings (SSSR count). The minimum atomic E-state index is -0.486. The summed E-state index contributed by atoms with van der Waals surface area (Å²) in [6.07, 6.45) is 1.33. The van der Waals surface area contributed by atoms with Crippen molar-refractivity contribution in [3.8, 4) is 0 Å². The van der Waals surface area contributed by atoms with E-state index in [1.165, 1.54) is 4.90 Å². The van der Waals surface area contributed by atoms with Crippen LogP contribution >= 0.6 is 0 Å². The van der Waals surface area contributed by atoms with Crippen LogP contribution in [-0.2, 0) is 14.3 Å². The quantitative estimate of drug-likeness (QED) is 0.534. The summed E-state index contributed by atoms with van der Waals surface area (Å²) in [5, 5.41) is 4.99. The van der Waals surface area contributed by atoms with Crippen LogP contribution in [0.1, 0.15) is 28.8 Å². The molecule has 4 amide bonds. The fourth-order valence-electron chi connectivity index (χ4n) is 2.41. The summed E-state index contributed by atoms with van der Waals surface area (Å²) in [5.74, 6) is -0.587. The molecule has 1 aliphatic rings. The molecule has 0 atom stereocenters. The van der Waals surface area contributed by atoms with Crippen LogP contribution in [0.2, 0.25) is 0 Å². The van der Waals surface area contributed by atoms with Gasteiger partial charge in [0.2, 0.25) is 5.91 Å². The van der Waals surface area contributed by atoms with E-state index in [2.05, 4.69) is 10.6 Å². The third-order valence-electron chi connectivity index (χ3n) is 3.73. The fourth-order valence-corrected chi connectivity index (χ4v) is 2.41. The number of nitrogens with zero attached hydrogens (tertiary/aromatic N) is 1. The first-order valence-electron chi connectivity index (χ1n) is 8.04. The van der Waals surface area contributed by atoms with E-state index in [0.717, 1.165) is 11.8 Å². The minimum absolute atomic E-state index is 0.222. The number of hydrogen-bond acceptors (Lipinski definition) is 5. The molecule has 1 aliphatic heterocycles. The van der Waals surface area contributed by atoms with Gasteiger partial charge in [-0.25, -0.2) is 4.79 Å². The zero-order valence-corrected chi connectivity index (χ0v) is 14.0. The summed E-state index contributed by atoms with van der Waals surface area (Å²) in [6.45, 7) is 3.08. The van der Waals surface area contributed by atoms with Gasteiger partial charge in [0.15, 0.2) is 0 Å². The lowest BCUT2D eigenvalue weighted by Crippen LogP contribution is -2.49. The maximum Gasteiger partial charge on any atom is 0.328 e. The molecule has 2 N–H and O–H groups in total. The van der Waals surface area contributed by atoms with Gasteiger partial charge in [-0.15, -0.1) is 0 Å². The Labute approximate surface area is 145 Å². The number of carbonyl (C=O) groups excluding carboxylic acids is 4. The van der Waals surface area contributed by atoms with Gasteiger partial charge in [-0.3, -0.25) is 19.8 Å². The highest BCUT2D eigenvalue weighted by Gasteiger charge is 2.25. The monoisotopic (exact) mass is 347 g/mol. The summed E-state index contributed by atoms with van der Waals surface area (Å²) < 4.78 is 5.18. The molecular weight excluding hydrogens is 326 g/mol. The highest BCUT2D eigenvalue weighted by Crippen LogP contribution is 2.23. The molecule has 1 fully saturated rings. The normalized spacial score (nSPS) is 14.2. The molecule has 1 aromatic carbocycles. The van der Waals surface area contributed by atoms with Crippen molar-refractivity contribution in [3.63, 3.8) is 0 Å². The average Bonchev–Trinajstić information content (AvgIpc) is 2.59. The Kier molecular flexibility index (Phi) is 6.64. The van der Waals surface area contributed by atoms with E-state index in [0.29, 0.717) is 37.4 Å². The number of amides is 4. The molecule has 1 saturated heterocycles. The Morgan fingerprint density at radius 1 is 1.36 bits per heavy atom. The molecule has 1 aromatic rings. The number of ether oxygens (including phenoxy) is 1. The van der Waals surface area contributed by atoms with Crippen LogP contribution in [0.3, 0.4) is 0 Å². The molecule has 134 valence electrons. The predicted octanol–water partition coefficient (Wildman–Crippen LogP) is 0.777. The minimum Gasteiger partial charge on any atom is -0.379 e. The van der Waals surface area contributed by atoms with Gasteiger partial charge in [-0.05, 0) is 24.6 Å². The van der Waals surface area contributed by atoms with Crippen molar-refractivity contribution in [1.82, 2.24) is 10.6 Å². The number of carbonyl (C=O) groups is 4. The molecule has 0 saturated carbocycles. The lowest BCUT2D eigenvalue weighted by atomic mass is 10.1. The van der Waals surface area contributed by atoms with Gasteiger partial charge < -0.3 is 14.8 Å². The number of aldehydes is 1. The van der Waals surface area contributed by atoms with Gasteiger partial charge in [0.05, 0.1) is 13.2 Å². The smallest absolute Gasteiger partial charge is 0.328 e. The van der Waals surface area contributed by atoms with Crippen LogP contribution in [-0.4, -0.2) is 50.4 Å². The van der Waals surface area contributed by atoms with E-state index in [-0.39, 0.29) is 24.8 Å². The number of aryl methyl sites for hydroxylation is 1. The van der Waals surface area contributed by atoms with Crippen molar-refractivity contribution in [3.05, 3.63) is 29.3 Å². The molecule has 8 heteroatoms. The van der Waals surface area contributed by atoms with Crippen LogP contribution in [0.15, 0.2) is 18.2 Å². The number of anilines is 1. The molecule has 0 aromatic heterocycles. The van der Waals surface area contributed by atoms with Crippen molar-refractivity contribution in [1.29, 1.82) is 0 Å². The Hall–Kier alpha value is -2.74. The lowest BCUT2D eigenvalue weighted by molar-refractivity contribution is -0.120.